The number of thioether (sulfide) groups is 1. The van der Waals surface area contributed by atoms with Gasteiger partial charge in [-0.05, 0) is 6.26 Å². The van der Waals surface area contributed by atoms with Crippen molar-refractivity contribution in [2.75, 3.05) is 31.8 Å². The number of nitrogens with zero attached hydrogens (tertiary/aromatic N) is 3. The lowest BCUT2D eigenvalue weighted by atomic mass is 10.3. The van der Waals surface area contributed by atoms with E-state index >= 15 is 0 Å². The SMILES string of the molecule is CSCC(=O)OCCn1c(=O)n(CCOC(=O)CC(C)S)c(=O)n(CCOC(O)CC(C)S)c1=O. The molecule has 0 saturated heterocycles. The number of hydrogen-bond acceptors (Lipinski definition) is 12. The van der Waals surface area contributed by atoms with Crippen LogP contribution in [0, 0.1) is 0 Å². The molecule has 0 spiro atoms. The van der Waals surface area contributed by atoms with Crippen LogP contribution >= 0.6 is 37.0 Å². The smallest absolute Gasteiger partial charge is 0.336 e. The van der Waals surface area contributed by atoms with Crippen LogP contribution in [0.25, 0.3) is 0 Å². The predicted molar refractivity (Wildman–Crippen MR) is 138 cm³/mol. The number of carbonyl (C=O) groups excluding carboxylic acids is 2. The van der Waals surface area contributed by atoms with E-state index in [0.717, 1.165) is 13.7 Å². The van der Waals surface area contributed by atoms with Crippen molar-refractivity contribution >= 4 is 49.0 Å². The molecule has 200 valence electrons. The summed E-state index contributed by atoms with van der Waals surface area (Å²) in [5, 5.41) is 9.48. The number of esters is 2. The van der Waals surface area contributed by atoms with Crippen molar-refractivity contribution in [3.05, 3.63) is 31.5 Å². The minimum atomic E-state index is -1.14. The molecule has 0 bridgehead atoms. The second-order valence-electron chi connectivity index (χ2n) is 7.64. The van der Waals surface area contributed by atoms with E-state index in [1.165, 1.54) is 11.8 Å². The van der Waals surface area contributed by atoms with Crippen LogP contribution in [0.5, 0.6) is 0 Å². The molecular weight excluding hydrogens is 522 g/mol. The van der Waals surface area contributed by atoms with Gasteiger partial charge in [-0.2, -0.15) is 37.0 Å². The fraction of sp³-hybridized carbons (Fsp3) is 0.750. The molecule has 1 aromatic heterocycles. The van der Waals surface area contributed by atoms with E-state index in [2.05, 4.69) is 25.3 Å². The summed E-state index contributed by atoms with van der Waals surface area (Å²) in [7, 11) is 0. The topological polar surface area (TPSA) is 148 Å². The average molecular weight is 556 g/mol. The molecule has 12 nitrogen and oxygen atoms in total. The summed E-state index contributed by atoms with van der Waals surface area (Å²) in [4.78, 5) is 61.9. The molecule has 3 atom stereocenters. The van der Waals surface area contributed by atoms with Crippen molar-refractivity contribution in [3.63, 3.8) is 0 Å². The third-order valence-electron chi connectivity index (χ3n) is 4.43. The molecule has 3 unspecified atom stereocenters. The second-order valence-corrected chi connectivity index (χ2v) is 10.3. The van der Waals surface area contributed by atoms with Gasteiger partial charge in [-0.3, -0.25) is 9.59 Å². The first-order valence-electron chi connectivity index (χ1n) is 10.9. The zero-order chi connectivity index (χ0) is 26.5. The number of aromatic nitrogens is 3. The van der Waals surface area contributed by atoms with Gasteiger partial charge in [-0.25, -0.2) is 28.1 Å². The predicted octanol–water partition coefficient (Wildman–Crippen LogP) is -0.627. The lowest BCUT2D eigenvalue weighted by Crippen LogP contribution is -2.55. The summed E-state index contributed by atoms with van der Waals surface area (Å²) < 4.78 is 17.6. The molecule has 0 aliphatic carbocycles. The van der Waals surface area contributed by atoms with Crippen LogP contribution in [0.15, 0.2) is 14.4 Å². The van der Waals surface area contributed by atoms with Gasteiger partial charge in [0.2, 0.25) is 0 Å². The lowest BCUT2D eigenvalue weighted by Gasteiger charge is -2.16. The molecule has 0 aliphatic heterocycles. The van der Waals surface area contributed by atoms with Crippen LogP contribution in [-0.4, -0.2) is 79.4 Å². The number of carbonyl (C=O) groups is 2. The maximum Gasteiger partial charge on any atom is 0.336 e. The molecule has 0 radical (unpaired) electrons. The number of aliphatic hydroxyl groups is 1. The number of aliphatic hydroxyl groups excluding tert-OH is 1. The summed E-state index contributed by atoms with van der Waals surface area (Å²) in [5.41, 5.74) is -2.77. The van der Waals surface area contributed by atoms with E-state index in [1.54, 1.807) is 20.1 Å². The number of rotatable bonds is 16. The number of ether oxygens (including phenoxy) is 3. The van der Waals surface area contributed by atoms with Gasteiger partial charge in [-0.1, -0.05) is 13.8 Å². The molecule has 0 saturated carbocycles. The van der Waals surface area contributed by atoms with Gasteiger partial charge >= 0.3 is 29.0 Å². The highest BCUT2D eigenvalue weighted by atomic mass is 32.2. The molecule has 1 heterocycles. The van der Waals surface area contributed by atoms with E-state index in [0.29, 0.717) is 0 Å². The first kappa shape index (κ1) is 31.4. The zero-order valence-corrected chi connectivity index (χ0v) is 22.6. The van der Waals surface area contributed by atoms with Crippen molar-refractivity contribution in [3.8, 4) is 0 Å². The Morgan fingerprint density at radius 1 is 0.857 bits per heavy atom. The summed E-state index contributed by atoms with van der Waals surface area (Å²) in [6.07, 6.45) is 0.864. The first-order valence-corrected chi connectivity index (χ1v) is 13.3. The van der Waals surface area contributed by atoms with Crippen LogP contribution in [-0.2, 0) is 43.4 Å². The van der Waals surface area contributed by atoms with E-state index < -0.39 is 35.3 Å². The molecule has 35 heavy (non-hydrogen) atoms. The third kappa shape index (κ3) is 11.3. The number of hydrogen-bond donors (Lipinski definition) is 3. The Balaban J connectivity index is 3.12. The van der Waals surface area contributed by atoms with Crippen LogP contribution in [0.3, 0.4) is 0 Å². The molecule has 1 N–H and O–H groups in total. The van der Waals surface area contributed by atoms with Gasteiger partial charge in [0, 0.05) is 16.9 Å². The molecule has 0 amide bonds. The summed E-state index contributed by atoms with van der Waals surface area (Å²) in [6, 6.07) is 0. The van der Waals surface area contributed by atoms with Gasteiger partial charge in [0.1, 0.15) is 13.2 Å². The minimum Gasteiger partial charge on any atom is -0.464 e. The minimum absolute atomic E-state index is 0.0493. The average Bonchev–Trinajstić information content (AvgIpc) is 2.74. The van der Waals surface area contributed by atoms with Crippen LogP contribution in [0.4, 0.5) is 0 Å². The third-order valence-corrected chi connectivity index (χ3v) is 5.35. The Bertz CT molecular complexity index is 1000. The maximum atomic E-state index is 12.9. The van der Waals surface area contributed by atoms with Crippen LogP contribution in [0.2, 0.25) is 0 Å². The summed E-state index contributed by atoms with van der Waals surface area (Å²) in [6.45, 7) is 1.94. The fourth-order valence-electron chi connectivity index (χ4n) is 2.86. The maximum absolute atomic E-state index is 12.9. The molecule has 0 aromatic carbocycles. The Morgan fingerprint density at radius 2 is 1.31 bits per heavy atom. The standard InChI is InChI=1S/C20H33N3O9S3/c1-13(33)10-15(24)30-7-4-21-18(27)22(5-8-31-16(25)11-14(2)34)20(29)23(19(21)28)6-9-32-17(26)12-35-3/h13-15,24,33-34H,4-12H2,1-3H3. The second kappa shape index (κ2) is 16.1. The Hall–Kier alpha value is -1.68. The monoisotopic (exact) mass is 555 g/mol. The Morgan fingerprint density at radius 3 is 1.74 bits per heavy atom. The van der Waals surface area contributed by atoms with E-state index in [4.69, 9.17) is 14.2 Å². The molecular formula is C20H33N3O9S3. The quantitative estimate of drug-likeness (QED) is 0.137. The number of thiol groups is 2. The van der Waals surface area contributed by atoms with Crippen molar-refractivity contribution in [1.82, 2.24) is 13.7 Å². The Labute approximate surface area is 217 Å². The van der Waals surface area contributed by atoms with Crippen molar-refractivity contribution in [2.24, 2.45) is 0 Å². The molecule has 1 aromatic rings. The van der Waals surface area contributed by atoms with Gasteiger partial charge in [0.25, 0.3) is 0 Å². The highest BCUT2D eigenvalue weighted by molar-refractivity contribution is 7.99. The first-order chi connectivity index (χ1) is 16.5. The largest absolute Gasteiger partial charge is 0.464 e. The van der Waals surface area contributed by atoms with E-state index in [9.17, 15) is 29.1 Å². The fourth-order valence-corrected chi connectivity index (χ4v) is 3.51. The van der Waals surface area contributed by atoms with Crippen molar-refractivity contribution in [1.29, 1.82) is 0 Å². The summed E-state index contributed by atoms with van der Waals surface area (Å²) in [5.74, 6) is -0.944. The van der Waals surface area contributed by atoms with Gasteiger partial charge in [0.05, 0.1) is 38.4 Å². The highest BCUT2D eigenvalue weighted by Crippen LogP contribution is 2.05. The lowest BCUT2D eigenvalue weighted by molar-refractivity contribution is -0.144. The van der Waals surface area contributed by atoms with E-state index in [1.807, 2.05) is 0 Å². The summed E-state index contributed by atoms with van der Waals surface area (Å²) >= 11 is 9.53. The molecule has 0 fully saturated rings. The van der Waals surface area contributed by atoms with Crippen molar-refractivity contribution in [2.45, 2.75) is 63.1 Å². The molecule has 1 rings (SSSR count). The Kier molecular flexibility index (Phi) is 14.5. The van der Waals surface area contributed by atoms with E-state index in [-0.39, 0.29) is 68.5 Å². The van der Waals surface area contributed by atoms with Crippen LogP contribution in [0.1, 0.15) is 26.7 Å². The van der Waals surface area contributed by atoms with Crippen molar-refractivity contribution < 1.29 is 28.9 Å². The normalized spacial score (nSPS) is 13.8. The zero-order valence-electron chi connectivity index (χ0n) is 20.0. The molecule has 0 aliphatic rings. The van der Waals surface area contributed by atoms with Gasteiger partial charge in [0.15, 0.2) is 6.29 Å². The highest BCUT2D eigenvalue weighted by Gasteiger charge is 2.17. The molecule has 15 heteroatoms. The van der Waals surface area contributed by atoms with Gasteiger partial charge < -0.3 is 19.3 Å². The van der Waals surface area contributed by atoms with Crippen LogP contribution < -0.4 is 17.1 Å². The van der Waals surface area contributed by atoms with Gasteiger partial charge in [-0.15, -0.1) is 0 Å².